The molecular formula is C16H19NOS2. The van der Waals surface area contributed by atoms with Gasteiger partial charge in [0.1, 0.15) is 0 Å². The summed E-state index contributed by atoms with van der Waals surface area (Å²) in [7, 11) is 0. The van der Waals surface area contributed by atoms with Crippen molar-refractivity contribution in [1.29, 1.82) is 0 Å². The van der Waals surface area contributed by atoms with E-state index >= 15 is 0 Å². The van der Waals surface area contributed by atoms with Gasteiger partial charge in [0.15, 0.2) is 0 Å². The van der Waals surface area contributed by atoms with Gasteiger partial charge >= 0.3 is 0 Å². The van der Waals surface area contributed by atoms with Gasteiger partial charge in [-0.15, -0.1) is 0 Å². The summed E-state index contributed by atoms with van der Waals surface area (Å²) in [6.45, 7) is 7.48. The summed E-state index contributed by atoms with van der Waals surface area (Å²) in [5.41, 5.74) is 2.06. The lowest BCUT2D eigenvalue weighted by Gasteiger charge is -2.19. The van der Waals surface area contributed by atoms with Gasteiger partial charge in [-0.05, 0) is 31.7 Å². The second-order valence-electron chi connectivity index (χ2n) is 4.46. The molecular weight excluding hydrogens is 286 g/mol. The van der Waals surface area contributed by atoms with Crippen molar-refractivity contribution in [2.24, 2.45) is 0 Å². The molecule has 0 aliphatic carbocycles. The number of amides is 1. The molecule has 1 aliphatic heterocycles. The molecule has 20 heavy (non-hydrogen) atoms. The Morgan fingerprint density at radius 3 is 2.40 bits per heavy atom. The third kappa shape index (κ3) is 3.30. The van der Waals surface area contributed by atoms with E-state index in [0.29, 0.717) is 0 Å². The molecule has 0 atom stereocenters. The van der Waals surface area contributed by atoms with E-state index in [-0.39, 0.29) is 5.91 Å². The fourth-order valence-electron chi connectivity index (χ4n) is 1.98. The van der Waals surface area contributed by atoms with Crippen LogP contribution in [0.15, 0.2) is 45.6 Å². The van der Waals surface area contributed by atoms with Crippen LogP contribution in [0.5, 0.6) is 0 Å². The lowest BCUT2D eigenvalue weighted by atomic mass is 10.2. The number of rotatable bonds is 4. The number of hydrogen-bond donors (Lipinski definition) is 0. The van der Waals surface area contributed by atoms with Crippen LogP contribution in [-0.2, 0) is 4.79 Å². The van der Waals surface area contributed by atoms with Gasteiger partial charge in [0.05, 0.1) is 4.24 Å². The molecule has 0 saturated carbocycles. The van der Waals surface area contributed by atoms with Crippen molar-refractivity contribution in [3.63, 3.8) is 0 Å². The van der Waals surface area contributed by atoms with Crippen molar-refractivity contribution in [3.05, 3.63) is 51.1 Å². The smallest absolute Gasteiger partial charge is 0.251 e. The Bertz CT molecular complexity index is 545. The van der Waals surface area contributed by atoms with Crippen molar-refractivity contribution in [2.45, 2.75) is 20.8 Å². The maximum Gasteiger partial charge on any atom is 0.251 e. The van der Waals surface area contributed by atoms with Crippen LogP contribution >= 0.6 is 23.5 Å². The standard InChI is InChI=1S/C16H19NOS2/c1-4-17(5-2)15(18)12(3)16-19-11-14(20-16)13-9-7-6-8-10-13/h6-11H,4-5H2,1-3H3. The van der Waals surface area contributed by atoms with E-state index in [0.717, 1.165) is 22.9 Å². The number of hydrogen-bond acceptors (Lipinski definition) is 3. The van der Waals surface area contributed by atoms with Gasteiger partial charge in [0, 0.05) is 23.6 Å². The van der Waals surface area contributed by atoms with Gasteiger partial charge < -0.3 is 4.90 Å². The largest absolute Gasteiger partial charge is 0.339 e. The molecule has 0 saturated heterocycles. The maximum absolute atomic E-state index is 12.4. The van der Waals surface area contributed by atoms with Crippen LogP contribution in [0.3, 0.4) is 0 Å². The SMILES string of the molecule is CCN(CC)C(=O)C(C)=C1SC=C(c2ccccc2)S1. The topological polar surface area (TPSA) is 20.3 Å². The van der Waals surface area contributed by atoms with E-state index in [1.165, 1.54) is 10.5 Å². The summed E-state index contributed by atoms with van der Waals surface area (Å²) in [5, 5.41) is 2.13. The average molecular weight is 305 g/mol. The normalized spacial score (nSPS) is 16.9. The highest BCUT2D eigenvalue weighted by Gasteiger charge is 2.21. The zero-order chi connectivity index (χ0) is 14.5. The monoisotopic (exact) mass is 305 g/mol. The average Bonchev–Trinajstić information content (AvgIpc) is 2.98. The van der Waals surface area contributed by atoms with Gasteiger partial charge in [-0.25, -0.2) is 0 Å². The molecule has 0 fully saturated rings. The first kappa shape index (κ1) is 15.3. The summed E-state index contributed by atoms with van der Waals surface area (Å²) >= 11 is 3.35. The number of carbonyl (C=O) groups is 1. The zero-order valence-electron chi connectivity index (χ0n) is 12.1. The summed E-state index contributed by atoms with van der Waals surface area (Å²) in [5.74, 6) is 0.146. The number of likely N-dealkylation sites (N-methyl/N-ethyl adjacent to an activating group) is 1. The van der Waals surface area contributed by atoms with Crippen LogP contribution < -0.4 is 0 Å². The summed E-state index contributed by atoms with van der Waals surface area (Å²) < 4.78 is 1.10. The van der Waals surface area contributed by atoms with E-state index in [4.69, 9.17) is 0 Å². The van der Waals surface area contributed by atoms with Crippen LogP contribution in [0, 0.1) is 0 Å². The van der Waals surface area contributed by atoms with Crippen LogP contribution in [0.4, 0.5) is 0 Å². The molecule has 0 bridgehead atoms. The summed E-state index contributed by atoms with van der Waals surface area (Å²) in [6.07, 6.45) is 0. The van der Waals surface area contributed by atoms with Crippen LogP contribution in [0.1, 0.15) is 26.3 Å². The molecule has 0 spiro atoms. The Morgan fingerprint density at radius 1 is 1.15 bits per heavy atom. The first-order valence-corrected chi connectivity index (χ1v) is 8.47. The Balaban J connectivity index is 2.14. The quantitative estimate of drug-likeness (QED) is 0.760. The van der Waals surface area contributed by atoms with E-state index in [1.54, 1.807) is 23.5 Å². The van der Waals surface area contributed by atoms with Crippen molar-refractivity contribution >= 4 is 34.3 Å². The molecule has 0 unspecified atom stereocenters. The molecule has 0 aromatic heterocycles. The Morgan fingerprint density at radius 2 is 1.80 bits per heavy atom. The Kier molecular flexibility index (Phi) is 5.38. The minimum Gasteiger partial charge on any atom is -0.339 e. The van der Waals surface area contributed by atoms with E-state index < -0.39 is 0 Å². The first-order chi connectivity index (χ1) is 9.67. The minimum absolute atomic E-state index is 0.146. The van der Waals surface area contributed by atoms with Crippen molar-refractivity contribution in [3.8, 4) is 0 Å². The van der Waals surface area contributed by atoms with Gasteiger partial charge in [-0.2, -0.15) is 0 Å². The van der Waals surface area contributed by atoms with E-state index in [9.17, 15) is 4.79 Å². The third-order valence-electron chi connectivity index (χ3n) is 3.21. The van der Waals surface area contributed by atoms with Crippen LogP contribution in [0.25, 0.3) is 4.91 Å². The molecule has 1 aliphatic rings. The number of thioether (sulfide) groups is 2. The molecule has 1 heterocycles. The van der Waals surface area contributed by atoms with Crippen LogP contribution in [0.2, 0.25) is 0 Å². The van der Waals surface area contributed by atoms with Crippen molar-refractivity contribution < 1.29 is 4.79 Å². The second-order valence-corrected chi connectivity index (χ2v) is 6.65. The van der Waals surface area contributed by atoms with Gasteiger partial charge in [-0.1, -0.05) is 53.9 Å². The first-order valence-electron chi connectivity index (χ1n) is 6.77. The Hall–Kier alpha value is -1.13. The lowest BCUT2D eigenvalue weighted by molar-refractivity contribution is -0.126. The Labute approximate surface area is 129 Å². The van der Waals surface area contributed by atoms with Crippen molar-refractivity contribution in [1.82, 2.24) is 4.90 Å². The summed E-state index contributed by atoms with van der Waals surface area (Å²) in [6, 6.07) is 10.3. The highest BCUT2D eigenvalue weighted by atomic mass is 32.2. The minimum atomic E-state index is 0.146. The van der Waals surface area contributed by atoms with Gasteiger partial charge in [0.2, 0.25) is 0 Å². The highest BCUT2D eigenvalue weighted by Crippen LogP contribution is 2.49. The number of benzene rings is 1. The molecule has 2 nitrogen and oxygen atoms in total. The molecule has 1 amide bonds. The predicted molar refractivity (Wildman–Crippen MR) is 90.2 cm³/mol. The molecule has 2 rings (SSSR count). The lowest BCUT2D eigenvalue weighted by Crippen LogP contribution is -2.31. The predicted octanol–water partition coefficient (Wildman–Crippen LogP) is 4.56. The number of nitrogens with zero attached hydrogens (tertiary/aromatic N) is 1. The van der Waals surface area contributed by atoms with E-state index in [1.807, 2.05) is 43.9 Å². The third-order valence-corrected chi connectivity index (χ3v) is 5.84. The zero-order valence-corrected chi connectivity index (χ0v) is 13.7. The van der Waals surface area contributed by atoms with Crippen LogP contribution in [-0.4, -0.2) is 23.9 Å². The molecule has 4 heteroatoms. The van der Waals surface area contributed by atoms with Gasteiger partial charge in [-0.3, -0.25) is 4.79 Å². The highest BCUT2D eigenvalue weighted by molar-refractivity contribution is 8.31. The molecule has 0 N–H and O–H groups in total. The molecule has 0 radical (unpaired) electrons. The molecule has 106 valence electrons. The second kappa shape index (κ2) is 7.04. The maximum atomic E-state index is 12.4. The van der Waals surface area contributed by atoms with E-state index in [2.05, 4.69) is 17.5 Å². The molecule has 1 aromatic rings. The summed E-state index contributed by atoms with van der Waals surface area (Å²) in [4.78, 5) is 15.4. The fraction of sp³-hybridized carbons (Fsp3) is 0.312. The fourth-order valence-corrected chi connectivity index (χ4v) is 4.24. The molecule has 1 aromatic carbocycles. The van der Waals surface area contributed by atoms with Crippen molar-refractivity contribution in [2.75, 3.05) is 13.1 Å². The van der Waals surface area contributed by atoms with Gasteiger partial charge in [0.25, 0.3) is 5.91 Å². The number of carbonyl (C=O) groups excluding carboxylic acids is 1.